The summed E-state index contributed by atoms with van der Waals surface area (Å²) in [5.41, 5.74) is 0.953. The lowest BCUT2D eigenvalue weighted by atomic mass is 10.2. The Labute approximate surface area is 114 Å². The van der Waals surface area contributed by atoms with Crippen molar-refractivity contribution >= 4 is 23.3 Å². The Bertz CT molecular complexity index is 528. The fraction of sp³-hybridized carbons (Fsp3) is 0.333. The van der Waals surface area contributed by atoms with Crippen LogP contribution < -0.4 is 5.32 Å². The second-order valence-corrected chi connectivity index (χ2v) is 5.73. The number of halogens is 1. The molecule has 0 aliphatic heterocycles. The zero-order chi connectivity index (χ0) is 13.0. The average Bonchev–Trinajstić information content (AvgIpc) is 2.76. The Hall–Kier alpha value is -0.980. The molecule has 0 bridgehead atoms. The van der Waals surface area contributed by atoms with Crippen LogP contribution >= 0.6 is 23.3 Å². The van der Waals surface area contributed by atoms with Crippen LogP contribution in [0.15, 0.2) is 27.4 Å². The second kappa shape index (κ2) is 6.26. The molecule has 1 aromatic heterocycles. The van der Waals surface area contributed by atoms with Crippen molar-refractivity contribution in [2.45, 2.75) is 29.6 Å². The Balaban J connectivity index is 2.24. The number of rotatable bonds is 5. The van der Waals surface area contributed by atoms with Gasteiger partial charge in [-0.15, -0.1) is 0 Å². The SMILES string of the molecule is CCNCc1cccc(F)c1Sc1nc(C)ns1. The van der Waals surface area contributed by atoms with Crippen molar-refractivity contribution in [1.82, 2.24) is 14.7 Å². The monoisotopic (exact) mass is 283 g/mol. The van der Waals surface area contributed by atoms with Crippen LogP contribution in [-0.4, -0.2) is 15.9 Å². The Morgan fingerprint density at radius 2 is 2.28 bits per heavy atom. The van der Waals surface area contributed by atoms with Crippen LogP contribution in [0.5, 0.6) is 0 Å². The maximum atomic E-state index is 13.9. The summed E-state index contributed by atoms with van der Waals surface area (Å²) in [6.07, 6.45) is 0. The fourth-order valence-corrected chi connectivity index (χ4v) is 3.20. The maximum Gasteiger partial charge on any atom is 0.174 e. The van der Waals surface area contributed by atoms with Gasteiger partial charge in [0.05, 0.1) is 4.90 Å². The molecule has 0 unspecified atom stereocenters. The molecule has 0 saturated heterocycles. The van der Waals surface area contributed by atoms with E-state index >= 15 is 0 Å². The van der Waals surface area contributed by atoms with Crippen LogP contribution in [0.4, 0.5) is 4.39 Å². The van der Waals surface area contributed by atoms with Crippen LogP contribution in [0.3, 0.4) is 0 Å². The summed E-state index contributed by atoms with van der Waals surface area (Å²) < 4.78 is 18.8. The molecule has 0 atom stereocenters. The molecule has 0 aliphatic carbocycles. The van der Waals surface area contributed by atoms with Crippen LogP contribution in [0.1, 0.15) is 18.3 Å². The molecule has 1 aromatic carbocycles. The second-order valence-electron chi connectivity index (χ2n) is 3.72. The van der Waals surface area contributed by atoms with Gasteiger partial charge in [-0.25, -0.2) is 9.37 Å². The van der Waals surface area contributed by atoms with Gasteiger partial charge in [-0.05, 0) is 36.6 Å². The van der Waals surface area contributed by atoms with Gasteiger partial charge in [0.25, 0.3) is 0 Å². The summed E-state index contributed by atoms with van der Waals surface area (Å²) in [7, 11) is 0. The highest BCUT2D eigenvalue weighted by Crippen LogP contribution is 2.33. The van der Waals surface area contributed by atoms with E-state index in [-0.39, 0.29) is 5.82 Å². The molecule has 0 saturated carbocycles. The lowest BCUT2D eigenvalue weighted by molar-refractivity contribution is 0.591. The Morgan fingerprint density at radius 1 is 1.44 bits per heavy atom. The largest absolute Gasteiger partial charge is 0.313 e. The summed E-state index contributed by atoms with van der Waals surface area (Å²) in [4.78, 5) is 4.89. The minimum absolute atomic E-state index is 0.205. The Morgan fingerprint density at radius 3 is 2.94 bits per heavy atom. The summed E-state index contributed by atoms with van der Waals surface area (Å²) in [6, 6.07) is 5.14. The molecule has 2 aromatic rings. The van der Waals surface area contributed by atoms with E-state index in [9.17, 15) is 4.39 Å². The van der Waals surface area contributed by atoms with Crippen molar-refractivity contribution in [2.75, 3.05) is 6.54 Å². The van der Waals surface area contributed by atoms with Gasteiger partial charge in [0.2, 0.25) is 0 Å². The van der Waals surface area contributed by atoms with E-state index in [1.807, 2.05) is 19.9 Å². The standard InChI is InChI=1S/C12H14FN3S2/c1-3-14-7-9-5-4-6-10(13)11(9)17-12-15-8(2)16-18-12/h4-6,14H,3,7H2,1-2H3. The maximum absolute atomic E-state index is 13.9. The Kier molecular flexibility index (Phi) is 4.68. The number of hydrogen-bond acceptors (Lipinski definition) is 5. The molecule has 0 fully saturated rings. The van der Waals surface area contributed by atoms with Crippen LogP contribution in [0.2, 0.25) is 0 Å². The molecule has 3 nitrogen and oxygen atoms in total. The van der Waals surface area contributed by atoms with Crippen molar-refractivity contribution < 1.29 is 4.39 Å². The topological polar surface area (TPSA) is 37.8 Å². The lowest BCUT2D eigenvalue weighted by Gasteiger charge is -2.08. The first-order valence-electron chi connectivity index (χ1n) is 5.67. The zero-order valence-electron chi connectivity index (χ0n) is 10.2. The normalized spacial score (nSPS) is 10.8. The molecule has 18 heavy (non-hydrogen) atoms. The minimum atomic E-state index is -0.205. The molecule has 6 heteroatoms. The number of benzene rings is 1. The molecule has 0 amide bonds. The molecule has 96 valence electrons. The number of aryl methyl sites for hydroxylation is 1. The summed E-state index contributed by atoms with van der Waals surface area (Å²) in [6.45, 7) is 5.38. The number of aromatic nitrogens is 2. The van der Waals surface area contributed by atoms with Crippen LogP contribution in [0.25, 0.3) is 0 Å². The zero-order valence-corrected chi connectivity index (χ0v) is 11.9. The number of nitrogens with zero attached hydrogens (tertiary/aromatic N) is 2. The van der Waals surface area contributed by atoms with Crippen LogP contribution in [-0.2, 0) is 6.54 Å². The van der Waals surface area contributed by atoms with Gasteiger partial charge in [0.15, 0.2) is 4.34 Å². The van der Waals surface area contributed by atoms with Gasteiger partial charge >= 0.3 is 0 Å². The number of nitrogens with one attached hydrogen (secondary N) is 1. The van der Waals surface area contributed by atoms with Gasteiger partial charge in [0, 0.05) is 6.54 Å². The van der Waals surface area contributed by atoms with Crippen molar-refractivity contribution in [2.24, 2.45) is 0 Å². The van der Waals surface area contributed by atoms with E-state index in [1.54, 1.807) is 6.07 Å². The molecule has 1 heterocycles. The molecule has 1 N–H and O–H groups in total. The third-order valence-corrected chi connectivity index (χ3v) is 4.32. The predicted molar refractivity (Wildman–Crippen MR) is 72.5 cm³/mol. The van der Waals surface area contributed by atoms with E-state index in [0.29, 0.717) is 11.4 Å². The molecular formula is C12H14FN3S2. The molecule has 0 radical (unpaired) electrons. The van der Waals surface area contributed by atoms with Gasteiger partial charge < -0.3 is 5.32 Å². The third-order valence-electron chi connectivity index (χ3n) is 2.31. The summed E-state index contributed by atoms with van der Waals surface area (Å²) in [5.74, 6) is 0.523. The third kappa shape index (κ3) is 3.28. The van der Waals surface area contributed by atoms with Crippen molar-refractivity contribution in [3.8, 4) is 0 Å². The first kappa shape index (κ1) is 13.5. The number of hydrogen-bond donors (Lipinski definition) is 1. The lowest BCUT2D eigenvalue weighted by Crippen LogP contribution is -2.12. The molecule has 2 rings (SSSR count). The minimum Gasteiger partial charge on any atom is -0.313 e. The van der Waals surface area contributed by atoms with Crippen molar-refractivity contribution in [3.63, 3.8) is 0 Å². The van der Waals surface area contributed by atoms with Crippen molar-refractivity contribution in [1.29, 1.82) is 0 Å². The van der Waals surface area contributed by atoms with Gasteiger partial charge in [-0.3, -0.25) is 0 Å². The van der Waals surface area contributed by atoms with E-state index < -0.39 is 0 Å². The predicted octanol–water partition coefficient (Wildman–Crippen LogP) is 3.25. The average molecular weight is 283 g/mol. The van der Waals surface area contributed by atoms with E-state index in [2.05, 4.69) is 14.7 Å². The molecular weight excluding hydrogens is 269 g/mol. The fourth-order valence-electron chi connectivity index (χ4n) is 1.47. The molecule has 0 aliphatic rings. The summed E-state index contributed by atoms with van der Waals surface area (Å²) in [5, 5.41) is 3.21. The highest BCUT2D eigenvalue weighted by atomic mass is 32.2. The highest BCUT2D eigenvalue weighted by Gasteiger charge is 2.12. The van der Waals surface area contributed by atoms with Gasteiger partial charge in [0.1, 0.15) is 11.6 Å². The van der Waals surface area contributed by atoms with E-state index in [1.165, 1.54) is 29.4 Å². The summed E-state index contributed by atoms with van der Waals surface area (Å²) >= 11 is 2.64. The van der Waals surface area contributed by atoms with Crippen LogP contribution in [0, 0.1) is 12.7 Å². The van der Waals surface area contributed by atoms with E-state index in [4.69, 9.17) is 0 Å². The first-order chi connectivity index (χ1) is 8.70. The highest BCUT2D eigenvalue weighted by molar-refractivity contribution is 8.01. The van der Waals surface area contributed by atoms with Gasteiger partial charge in [-0.1, -0.05) is 30.8 Å². The quantitative estimate of drug-likeness (QED) is 0.914. The van der Waals surface area contributed by atoms with E-state index in [0.717, 1.165) is 22.3 Å². The van der Waals surface area contributed by atoms with Crippen molar-refractivity contribution in [3.05, 3.63) is 35.4 Å². The molecule has 0 spiro atoms. The van der Waals surface area contributed by atoms with Gasteiger partial charge in [-0.2, -0.15) is 4.37 Å². The first-order valence-corrected chi connectivity index (χ1v) is 7.26. The smallest absolute Gasteiger partial charge is 0.174 e.